The van der Waals surface area contributed by atoms with Crippen molar-refractivity contribution in [3.05, 3.63) is 20.8 Å². The van der Waals surface area contributed by atoms with Crippen LogP contribution in [0.1, 0.15) is 49.8 Å². The van der Waals surface area contributed by atoms with Gasteiger partial charge in [0.05, 0.1) is 3.79 Å². The first-order valence-electron chi connectivity index (χ1n) is 8.20. The van der Waals surface area contributed by atoms with Gasteiger partial charge in [0.1, 0.15) is 0 Å². The summed E-state index contributed by atoms with van der Waals surface area (Å²) in [6.07, 6.45) is 10.4. The lowest BCUT2D eigenvalue weighted by Crippen LogP contribution is -2.63. The van der Waals surface area contributed by atoms with Gasteiger partial charge in [-0.15, -0.1) is 11.3 Å². The SMILES string of the molecule is NNC(Cc1ccc(Br)s1)C1(N2CCCCC2)CCCC1. The first kappa shape index (κ1) is 15.9. The van der Waals surface area contributed by atoms with Gasteiger partial charge in [-0.05, 0) is 66.8 Å². The van der Waals surface area contributed by atoms with Crippen LogP contribution in [0.2, 0.25) is 0 Å². The highest BCUT2D eigenvalue weighted by molar-refractivity contribution is 9.11. The first-order valence-corrected chi connectivity index (χ1v) is 9.81. The van der Waals surface area contributed by atoms with Gasteiger partial charge >= 0.3 is 0 Å². The fraction of sp³-hybridized carbons (Fsp3) is 0.750. The Balaban J connectivity index is 1.79. The molecule has 0 bridgehead atoms. The van der Waals surface area contributed by atoms with Gasteiger partial charge in [-0.3, -0.25) is 16.2 Å². The molecule has 5 heteroatoms. The Hall–Kier alpha value is 0.0600. The van der Waals surface area contributed by atoms with Gasteiger partial charge in [0.25, 0.3) is 0 Å². The molecule has 0 aromatic carbocycles. The Kier molecular flexibility index (Phi) is 5.38. The quantitative estimate of drug-likeness (QED) is 0.612. The predicted molar refractivity (Wildman–Crippen MR) is 93.5 cm³/mol. The predicted octanol–water partition coefficient (Wildman–Crippen LogP) is 3.68. The highest BCUT2D eigenvalue weighted by Crippen LogP contribution is 2.41. The van der Waals surface area contributed by atoms with E-state index in [1.807, 2.05) is 11.3 Å². The molecule has 3 N–H and O–H groups in total. The molecule has 2 heterocycles. The third-order valence-electron chi connectivity index (χ3n) is 5.34. The van der Waals surface area contributed by atoms with Crippen LogP contribution >= 0.6 is 27.3 Å². The van der Waals surface area contributed by atoms with Crippen LogP contribution in [-0.4, -0.2) is 29.6 Å². The second-order valence-electron chi connectivity index (χ2n) is 6.49. The van der Waals surface area contributed by atoms with Crippen LogP contribution in [0, 0.1) is 0 Å². The van der Waals surface area contributed by atoms with Crippen LogP contribution in [0.15, 0.2) is 15.9 Å². The van der Waals surface area contributed by atoms with Gasteiger partial charge in [-0.25, -0.2) is 0 Å². The molecule has 0 spiro atoms. The monoisotopic (exact) mass is 371 g/mol. The van der Waals surface area contributed by atoms with Crippen LogP contribution in [-0.2, 0) is 6.42 Å². The van der Waals surface area contributed by atoms with Crippen molar-refractivity contribution in [2.45, 2.75) is 62.9 Å². The molecule has 1 aliphatic carbocycles. The highest BCUT2D eigenvalue weighted by atomic mass is 79.9. The van der Waals surface area contributed by atoms with Crippen LogP contribution in [0.4, 0.5) is 0 Å². The largest absolute Gasteiger partial charge is 0.296 e. The van der Waals surface area contributed by atoms with Crippen molar-refractivity contribution in [1.82, 2.24) is 10.3 Å². The molecule has 3 rings (SSSR count). The molecule has 21 heavy (non-hydrogen) atoms. The second kappa shape index (κ2) is 7.09. The summed E-state index contributed by atoms with van der Waals surface area (Å²) in [5, 5.41) is 0. The molecule has 1 saturated carbocycles. The van der Waals surface area contributed by atoms with Crippen LogP contribution in [0.3, 0.4) is 0 Å². The summed E-state index contributed by atoms with van der Waals surface area (Å²) in [7, 11) is 0. The topological polar surface area (TPSA) is 41.3 Å². The van der Waals surface area contributed by atoms with E-state index in [9.17, 15) is 0 Å². The molecule has 118 valence electrons. The summed E-state index contributed by atoms with van der Waals surface area (Å²) in [5.74, 6) is 6.02. The van der Waals surface area contributed by atoms with E-state index in [0.717, 1.165) is 6.42 Å². The number of halogens is 1. The van der Waals surface area contributed by atoms with E-state index >= 15 is 0 Å². The summed E-state index contributed by atoms with van der Waals surface area (Å²) >= 11 is 5.41. The van der Waals surface area contributed by atoms with Crippen molar-refractivity contribution in [3.8, 4) is 0 Å². The number of rotatable bonds is 5. The number of hydrogen-bond acceptors (Lipinski definition) is 4. The molecule has 3 nitrogen and oxygen atoms in total. The van der Waals surface area contributed by atoms with Crippen LogP contribution in [0.5, 0.6) is 0 Å². The Morgan fingerprint density at radius 2 is 1.90 bits per heavy atom. The summed E-state index contributed by atoms with van der Waals surface area (Å²) in [6.45, 7) is 2.51. The van der Waals surface area contributed by atoms with Crippen LogP contribution in [0.25, 0.3) is 0 Å². The Morgan fingerprint density at radius 3 is 2.48 bits per heavy atom. The molecular weight excluding hydrogens is 346 g/mol. The summed E-state index contributed by atoms with van der Waals surface area (Å²) < 4.78 is 1.21. The van der Waals surface area contributed by atoms with Crippen molar-refractivity contribution in [1.29, 1.82) is 0 Å². The fourth-order valence-electron chi connectivity index (χ4n) is 4.28. The number of nitrogens with one attached hydrogen (secondary N) is 1. The number of nitrogens with zero attached hydrogens (tertiary/aromatic N) is 1. The van der Waals surface area contributed by atoms with Crippen LogP contribution < -0.4 is 11.3 Å². The Labute approximate surface area is 140 Å². The number of likely N-dealkylation sites (tertiary alicyclic amines) is 1. The summed E-state index contributed by atoms with van der Waals surface area (Å²) in [4.78, 5) is 4.18. The fourth-order valence-corrected chi connectivity index (χ4v) is 5.81. The standard InChI is InChI=1S/C16H26BrN3S/c17-15-7-6-13(21-15)12-14(19-18)16(8-2-3-9-16)20-10-4-1-5-11-20/h6-7,14,19H,1-5,8-12,18H2. The lowest BCUT2D eigenvalue weighted by Gasteiger charge is -2.48. The average Bonchev–Trinajstić information content (AvgIpc) is 3.15. The minimum absolute atomic E-state index is 0.283. The van der Waals surface area contributed by atoms with Gasteiger partial charge in [-0.2, -0.15) is 0 Å². The highest BCUT2D eigenvalue weighted by Gasteiger charge is 2.45. The molecule has 1 aromatic rings. The zero-order valence-electron chi connectivity index (χ0n) is 12.6. The van der Waals surface area contributed by atoms with Gasteiger partial charge in [0.15, 0.2) is 0 Å². The number of nitrogens with two attached hydrogens (primary N) is 1. The maximum atomic E-state index is 6.02. The minimum Gasteiger partial charge on any atom is -0.296 e. The van der Waals surface area contributed by atoms with E-state index in [-0.39, 0.29) is 5.54 Å². The van der Waals surface area contributed by atoms with Gasteiger partial charge in [0, 0.05) is 22.9 Å². The number of piperidine rings is 1. The third kappa shape index (κ3) is 3.37. The maximum absolute atomic E-state index is 6.02. The second-order valence-corrected chi connectivity index (χ2v) is 9.04. The zero-order chi connectivity index (χ0) is 14.7. The van der Waals surface area contributed by atoms with Gasteiger partial charge in [0.2, 0.25) is 0 Å². The smallest absolute Gasteiger partial charge is 0.0701 e. The number of hydrazine groups is 1. The Morgan fingerprint density at radius 1 is 1.19 bits per heavy atom. The molecule has 1 aliphatic heterocycles. The molecule has 1 atom stereocenters. The molecule has 0 radical (unpaired) electrons. The van der Waals surface area contributed by atoms with Crippen molar-refractivity contribution in [2.75, 3.05) is 13.1 Å². The van der Waals surface area contributed by atoms with Crippen molar-refractivity contribution in [3.63, 3.8) is 0 Å². The minimum atomic E-state index is 0.283. The molecule has 1 aromatic heterocycles. The normalized spacial score (nSPS) is 24.3. The molecule has 0 amide bonds. The van der Waals surface area contributed by atoms with E-state index in [1.54, 1.807) is 0 Å². The maximum Gasteiger partial charge on any atom is 0.0701 e. The van der Waals surface area contributed by atoms with E-state index in [4.69, 9.17) is 5.84 Å². The average molecular weight is 372 g/mol. The van der Waals surface area contributed by atoms with E-state index in [1.165, 1.54) is 66.7 Å². The molecule has 1 saturated heterocycles. The van der Waals surface area contributed by atoms with Gasteiger partial charge in [-0.1, -0.05) is 19.3 Å². The zero-order valence-corrected chi connectivity index (χ0v) is 15.0. The molecule has 2 fully saturated rings. The lowest BCUT2D eigenvalue weighted by atomic mass is 9.82. The Bertz CT molecular complexity index is 450. The van der Waals surface area contributed by atoms with E-state index in [0.29, 0.717) is 6.04 Å². The molecular formula is C16H26BrN3S. The van der Waals surface area contributed by atoms with Crippen molar-refractivity contribution < 1.29 is 0 Å². The first-order chi connectivity index (χ1) is 10.2. The summed E-state index contributed by atoms with van der Waals surface area (Å²) in [5.41, 5.74) is 3.47. The number of thiophene rings is 1. The molecule has 1 unspecified atom stereocenters. The lowest BCUT2D eigenvalue weighted by molar-refractivity contribution is 0.0368. The van der Waals surface area contributed by atoms with Crippen molar-refractivity contribution in [2.24, 2.45) is 5.84 Å². The number of hydrogen-bond donors (Lipinski definition) is 2. The van der Waals surface area contributed by atoms with E-state index in [2.05, 4.69) is 38.4 Å². The third-order valence-corrected chi connectivity index (χ3v) is 6.99. The summed E-state index contributed by atoms with van der Waals surface area (Å²) in [6, 6.07) is 4.75. The molecule has 2 aliphatic rings. The van der Waals surface area contributed by atoms with Gasteiger partial charge < -0.3 is 0 Å². The van der Waals surface area contributed by atoms with Crippen molar-refractivity contribution >= 4 is 27.3 Å². The van der Waals surface area contributed by atoms with E-state index < -0.39 is 0 Å².